The molecule has 2 aliphatic heterocycles. The van der Waals surface area contributed by atoms with E-state index in [9.17, 15) is 14.4 Å². The van der Waals surface area contributed by atoms with E-state index in [1.54, 1.807) is 0 Å². The molecule has 3 saturated carbocycles. The molecule has 2 bridgehead atoms. The fourth-order valence-corrected chi connectivity index (χ4v) is 6.62. The summed E-state index contributed by atoms with van der Waals surface area (Å²) < 4.78 is 11.5. The van der Waals surface area contributed by atoms with Gasteiger partial charge in [-0.05, 0) is 64.2 Å². The Morgan fingerprint density at radius 3 is 1.71 bits per heavy atom. The van der Waals surface area contributed by atoms with Crippen molar-refractivity contribution in [3.05, 3.63) is 0 Å². The summed E-state index contributed by atoms with van der Waals surface area (Å²) in [5, 5.41) is 8.25. The van der Waals surface area contributed by atoms with E-state index in [4.69, 9.17) is 55.9 Å². The van der Waals surface area contributed by atoms with Crippen molar-refractivity contribution in [2.45, 2.75) is 109 Å². The average Bonchev–Trinajstić information content (AvgIpc) is 2.82. The van der Waals surface area contributed by atoms with Gasteiger partial charge >= 0.3 is 0 Å². The van der Waals surface area contributed by atoms with Crippen LogP contribution in [0.1, 0.15) is 64.2 Å². The van der Waals surface area contributed by atoms with Crippen LogP contribution in [0.5, 0.6) is 0 Å². The highest BCUT2D eigenvalue weighted by Gasteiger charge is 2.55. The number of carbonyl (C=O) groups is 3. The molecule has 5 rings (SSSR count). The zero-order valence-corrected chi connectivity index (χ0v) is 22.5. The Morgan fingerprint density at radius 2 is 1.26 bits per heavy atom. The summed E-state index contributed by atoms with van der Waals surface area (Å²) >= 11 is 24.7. The van der Waals surface area contributed by atoms with Crippen molar-refractivity contribution >= 4 is 64.1 Å². The van der Waals surface area contributed by atoms with E-state index in [0.29, 0.717) is 38.5 Å². The lowest BCUT2D eigenvalue weighted by Gasteiger charge is -2.53. The predicted molar refractivity (Wildman–Crippen MR) is 134 cm³/mol. The topological polar surface area (TPSA) is 106 Å². The van der Waals surface area contributed by atoms with E-state index in [-0.39, 0.29) is 64.7 Å². The first-order valence-corrected chi connectivity index (χ1v) is 14.1. The van der Waals surface area contributed by atoms with E-state index >= 15 is 0 Å². The molecule has 5 aliphatic rings. The third-order valence-corrected chi connectivity index (χ3v) is 9.96. The number of amides is 3. The van der Waals surface area contributed by atoms with Gasteiger partial charge in [-0.15, -0.1) is 46.4 Å². The van der Waals surface area contributed by atoms with Crippen LogP contribution >= 0.6 is 46.4 Å². The lowest BCUT2D eigenvalue weighted by Crippen LogP contribution is -2.77. The van der Waals surface area contributed by atoms with Crippen molar-refractivity contribution in [3.8, 4) is 0 Å². The Labute approximate surface area is 225 Å². The SMILES string of the molecule is O=C(COC1CCC(Cl)C(Cl)C1)NC12CCC(NC(=O)COC3CCC(Cl)C(Cl)C3)(CC1)C(=O)N2. The van der Waals surface area contributed by atoms with E-state index in [2.05, 4.69) is 16.0 Å². The lowest BCUT2D eigenvalue weighted by molar-refractivity contribution is -0.149. The van der Waals surface area contributed by atoms with Gasteiger partial charge in [0.15, 0.2) is 0 Å². The van der Waals surface area contributed by atoms with Crippen molar-refractivity contribution in [3.63, 3.8) is 0 Å². The third-order valence-electron chi connectivity index (χ3n) is 7.69. The van der Waals surface area contributed by atoms with Crippen LogP contribution in [0.15, 0.2) is 0 Å². The molecule has 6 unspecified atom stereocenters. The summed E-state index contributed by atoms with van der Waals surface area (Å²) in [6.45, 7) is -0.239. The largest absolute Gasteiger partial charge is 0.368 e. The molecule has 6 atom stereocenters. The van der Waals surface area contributed by atoms with Crippen LogP contribution in [0.3, 0.4) is 0 Å². The second-order valence-electron chi connectivity index (χ2n) is 10.3. The van der Waals surface area contributed by atoms with E-state index in [1.807, 2.05) is 0 Å². The van der Waals surface area contributed by atoms with Crippen LogP contribution in [0.4, 0.5) is 0 Å². The van der Waals surface area contributed by atoms with Crippen molar-refractivity contribution < 1.29 is 23.9 Å². The summed E-state index contributed by atoms with van der Waals surface area (Å²) in [4.78, 5) is 38.1. The summed E-state index contributed by atoms with van der Waals surface area (Å²) in [6.07, 6.45) is 5.89. The van der Waals surface area contributed by atoms with Gasteiger partial charge in [0, 0.05) is 0 Å². The Hall–Kier alpha value is -0.510. The molecule has 0 aromatic carbocycles. The molecular weight excluding hydrogens is 540 g/mol. The molecule has 5 fully saturated rings. The first-order chi connectivity index (χ1) is 16.6. The van der Waals surface area contributed by atoms with Gasteiger partial charge in [0.05, 0.1) is 33.7 Å². The van der Waals surface area contributed by atoms with E-state index < -0.39 is 11.2 Å². The standard InChI is InChI=1S/C23H33Cl4N3O5/c24-15-3-1-13(9-17(15)26)34-11-19(31)28-22-5-7-23(8-6-22,30-21(22)33)29-20(32)12-35-14-2-4-16(25)18(27)10-14/h13-18H,1-12H2,(H,28,31)(H,29,32)(H,30,33). The highest BCUT2D eigenvalue weighted by Crippen LogP contribution is 2.39. The molecule has 2 heterocycles. The monoisotopic (exact) mass is 571 g/mol. The minimum absolute atomic E-state index is 0.0693. The van der Waals surface area contributed by atoms with Gasteiger partial charge in [0.2, 0.25) is 17.7 Å². The van der Waals surface area contributed by atoms with Crippen LogP contribution in [0, 0.1) is 0 Å². The fraction of sp³-hybridized carbons (Fsp3) is 0.870. The summed E-state index contributed by atoms with van der Waals surface area (Å²) in [5.74, 6) is -0.922. The number of piperidine rings is 2. The van der Waals surface area contributed by atoms with Gasteiger partial charge in [-0.2, -0.15) is 0 Å². The maximum atomic E-state index is 12.9. The molecule has 3 N–H and O–H groups in total. The Balaban J connectivity index is 1.21. The normalized spacial score (nSPS) is 41.2. The second-order valence-corrected chi connectivity index (χ2v) is 12.5. The van der Waals surface area contributed by atoms with Crippen molar-refractivity contribution in [2.24, 2.45) is 0 Å². The van der Waals surface area contributed by atoms with Gasteiger partial charge in [-0.25, -0.2) is 0 Å². The number of carbonyl (C=O) groups excluding carboxylic acids is 3. The molecule has 198 valence electrons. The molecule has 12 heteroatoms. The summed E-state index contributed by atoms with van der Waals surface area (Å²) in [7, 11) is 0. The maximum Gasteiger partial charge on any atom is 0.247 e. The Bertz CT molecular complexity index is 810. The minimum Gasteiger partial charge on any atom is -0.368 e. The van der Waals surface area contributed by atoms with Gasteiger partial charge < -0.3 is 25.4 Å². The molecule has 0 aromatic rings. The molecule has 3 aliphatic carbocycles. The van der Waals surface area contributed by atoms with Gasteiger partial charge in [-0.3, -0.25) is 14.4 Å². The number of hydrogen-bond donors (Lipinski definition) is 3. The quantitative estimate of drug-likeness (QED) is 0.388. The van der Waals surface area contributed by atoms with Crippen molar-refractivity contribution in [2.75, 3.05) is 13.2 Å². The van der Waals surface area contributed by atoms with Crippen LogP contribution < -0.4 is 16.0 Å². The zero-order valence-electron chi connectivity index (χ0n) is 19.5. The maximum absolute atomic E-state index is 12.9. The summed E-state index contributed by atoms with van der Waals surface area (Å²) in [6, 6.07) is 0. The highest BCUT2D eigenvalue weighted by molar-refractivity contribution is 6.30. The molecule has 0 radical (unpaired) electrons. The molecule has 2 saturated heterocycles. The smallest absolute Gasteiger partial charge is 0.247 e. The van der Waals surface area contributed by atoms with Crippen LogP contribution in [-0.4, -0.2) is 75.9 Å². The van der Waals surface area contributed by atoms with Crippen LogP contribution in [0.2, 0.25) is 0 Å². The van der Waals surface area contributed by atoms with Gasteiger partial charge in [0.1, 0.15) is 24.4 Å². The number of hydrogen-bond acceptors (Lipinski definition) is 5. The number of rotatable bonds is 8. The third kappa shape index (κ3) is 6.68. The zero-order chi connectivity index (χ0) is 25.2. The summed E-state index contributed by atoms with van der Waals surface area (Å²) in [5.41, 5.74) is -1.80. The van der Waals surface area contributed by atoms with Crippen LogP contribution in [0.25, 0.3) is 0 Å². The Kier molecular flexibility index (Phi) is 9.03. The first-order valence-electron chi connectivity index (χ1n) is 12.3. The van der Waals surface area contributed by atoms with Crippen molar-refractivity contribution in [1.82, 2.24) is 16.0 Å². The molecule has 0 spiro atoms. The first kappa shape index (κ1) is 27.5. The predicted octanol–water partition coefficient (Wildman–Crippen LogP) is 2.93. The number of ether oxygens (including phenoxy) is 2. The minimum atomic E-state index is -0.984. The van der Waals surface area contributed by atoms with Crippen LogP contribution in [-0.2, 0) is 23.9 Å². The molecule has 8 nitrogen and oxygen atoms in total. The molecule has 0 aromatic heterocycles. The van der Waals surface area contributed by atoms with Gasteiger partial charge in [-0.1, -0.05) is 0 Å². The molecule has 3 amide bonds. The second kappa shape index (κ2) is 11.5. The number of halogens is 4. The average molecular weight is 573 g/mol. The Morgan fingerprint density at radius 1 is 0.771 bits per heavy atom. The number of nitrogens with one attached hydrogen (secondary N) is 3. The molecular formula is C23H33Cl4N3O5. The van der Waals surface area contributed by atoms with Crippen molar-refractivity contribution in [1.29, 1.82) is 0 Å². The van der Waals surface area contributed by atoms with Gasteiger partial charge in [0.25, 0.3) is 0 Å². The highest BCUT2D eigenvalue weighted by atomic mass is 35.5. The fourth-order valence-electron chi connectivity index (χ4n) is 5.51. The van der Waals surface area contributed by atoms with E-state index in [0.717, 1.165) is 25.7 Å². The van der Waals surface area contributed by atoms with E-state index in [1.165, 1.54) is 0 Å². The molecule has 35 heavy (non-hydrogen) atoms. The number of fused-ring (bicyclic) bond motifs is 3. The number of alkyl halides is 4. The lowest BCUT2D eigenvalue weighted by atomic mass is 9.71.